The number of pyridine rings is 1. The molecule has 4 aromatic rings. The molecule has 60 heavy (non-hydrogen) atoms. The zero-order valence-electron chi connectivity index (χ0n) is 36.3. The fourth-order valence-corrected chi connectivity index (χ4v) is 7.85. The minimum Gasteiger partial charge on any atom is -0.453 e. The van der Waals surface area contributed by atoms with E-state index in [1.807, 2.05) is 139 Å². The number of benzene rings is 3. The number of aliphatic hydroxyl groups is 1. The molecule has 1 aliphatic rings. The van der Waals surface area contributed by atoms with Crippen molar-refractivity contribution in [3.8, 4) is 11.3 Å². The normalized spacial score (nSPS) is 15.7. The molecule has 2 unspecified atom stereocenters. The molecule has 1 fully saturated rings. The Hall–Kier alpha value is -5.75. The van der Waals surface area contributed by atoms with E-state index < -0.39 is 53.1 Å². The van der Waals surface area contributed by atoms with Gasteiger partial charge in [-0.1, -0.05) is 132 Å². The number of nitrogens with zero attached hydrogens (tertiary/aromatic N) is 3. The zero-order chi connectivity index (χ0) is 43.6. The number of methoxy groups -OCH3 is 1. The molecule has 12 heteroatoms. The number of hydrogen-bond acceptors (Lipinski definition) is 7. The number of aryl methyl sites for hydroxylation is 1. The standard InChI is InChI=1S/C48H62N6O6/c1-32-15-14-18-35(27-32)31-53-25-26-54(46(53)59)42(48(5,6)7)44(57)51-39(29-33-16-10-9-11-17-33)40(55)30-37(50-43(56)41(47(2,3)4)52-45(58)60-8)28-34-20-22-36(23-21-34)38-19-12-13-24-49-38/h9-24,27,37,39-42,55H,25-26,28-31H2,1-8H3,(H,50,56)(H,51,57)(H,52,58)/t37-,39-,40-,41?,42?/m0/s1. The number of amides is 5. The van der Waals surface area contributed by atoms with Gasteiger partial charge in [-0.05, 0) is 65.8 Å². The lowest BCUT2D eigenvalue weighted by Crippen LogP contribution is -2.59. The van der Waals surface area contributed by atoms with Gasteiger partial charge in [0.15, 0.2) is 0 Å². The van der Waals surface area contributed by atoms with Crippen LogP contribution in [0.1, 0.15) is 70.2 Å². The smallest absolute Gasteiger partial charge is 0.407 e. The number of rotatable bonds is 16. The summed E-state index contributed by atoms with van der Waals surface area (Å²) in [4.78, 5) is 62.9. The second-order valence-electron chi connectivity index (χ2n) is 18.0. The number of aromatic nitrogens is 1. The lowest BCUT2D eigenvalue weighted by molar-refractivity contribution is -0.131. The monoisotopic (exact) mass is 818 g/mol. The summed E-state index contributed by atoms with van der Waals surface area (Å²) in [6, 6.07) is 27.8. The van der Waals surface area contributed by atoms with E-state index in [2.05, 4.69) is 27.0 Å². The largest absolute Gasteiger partial charge is 0.453 e. The van der Waals surface area contributed by atoms with Crippen LogP contribution < -0.4 is 16.0 Å². The number of aliphatic hydroxyl groups excluding tert-OH is 1. The van der Waals surface area contributed by atoms with E-state index in [4.69, 9.17) is 4.74 Å². The van der Waals surface area contributed by atoms with Crippen molar-refractivity contribution in [2.45, 2.75) is 105 Å². The average Bonchev–Trinajstić information content (AvgIpc) is 3.54. The lowest BCUT2D eigenvalue weighted by Gasteiger charge is -2.38. The first-order chi connectivity index (χ1) is 28.4. The van der Waals surface area contributed by atoms with Crippen LogP contribution in [0.15, 0.2) is 103 Å². The van der Waals surface area contributed by atoms with Crippen LogP contribution in [0.3, 0.4) is 0 Å². The number of carbonyl (C=O) groups excluding carboxylic acids is 4. The second-order valence-corrected chi connectivity index (χ2v) is 18.0. The third kappa shape index (κ3) is 12.4. The highest BCUT2D eigenvalue weighted by Gasteiger charge is 2.44. The Bertz CT molecular complexity index is 2050. The van der Waals surface area contributed by atoms with Crippen molar-refractivity contribution in [1.82, 2.24) is 30.7 Å². The Morgan fingerprint density at radius 3 is 2.05 bits per heavy atom. The van der Waals surface area contributed by atoms with Crippen molar-refractivity contribution in [3.63, 3.8) is 0 Å². The Kier molecular flexibility index (Phi) is 15.1. The van der Waals surface area contributed by atoms with Crippen molar-refractivity contribution in [3.05, 3.63) is 126 Å². The average molecular weight is 819 g/mol. The molecular formula is C48H62N6O6. The first kappa shape index (κ1) is 45.3. The summed E-state index contributed by atoms with van der Waals surface area (Å²) in [5.41, 5.74) is 4.37. The Labute approximate surface area is 355 Å². The summed E-state index contributed by atoms with van der Waals surface area (Å²) >= 11 is 0. The van der Waals surface area contributed by atoms with Crippen LogP contribution in [-0.2, 0) is 33.7 Å². The van der Waals surface area contributed by atoms with Crippen LogP contribution in [0, 0.1) is 17.8 Å². The minimum atomic E-state index is -1.14. The van der Waals surface area contributed by atoms with E-state index >= 15 is 0 Å². The van der Waals surface area contributed by atoms with Crippen molar-refractivity contribution in [2.24, 2.45) is 10.8 Å². The van der Waals surface area contributed by atoms with Gasteiger partial charge >= 0.3 is 12.1 Å². The predicted octanol–water partition coefficient (Wildman–Crippen LogP) is 6.69. The van der Waals surface area contributed by atoms with Crippen LogP contribution in [0.2, 0.25) is 0 Å². The second kappa shape index (κ2) is 20.0. The molecule has 0 saturated carbocycles. The predicted molar refractivity (Wildman–Crippen MR) is 234 cm³/mol. The van der Waals surface area contributed by atoms with Gasteiger partial charge in [0, 0.05) is 37.4 Å². The molecule has 5 rings (SSSR count). The van der Waals surface area contributed by atoms with Gasteiger partial charge in [-0.25, -0.2) is 9.59 Å². The maximum absolute atomic E-state index is 14.6. The number of urea groups is 1. The van der Waals surface area contributed by atoms with Crippen molar-refractivity contribution < 1.29 is 29.0 Å². The van der Waals surface area contributed by atoms with E-state index in [9.17, 15) is 24.3 Å². The van der Waals surface area contributed by atoms with Gasteiger partial charge in [-0.2, -0.15) is 0 Å². The van der Waals surface area contributed by atoms with Crippen molar-refractivity contribution in [2.75, 3.05) is 20.2 Å². The Morgan fingerprint density at radius 2 is 1.43 bits per heavy atom. The first-order valence-electron chi connectivity index (χ1n) is 20.7. The summed E-state index contributed by atoms with van der Waals surface area (Å²) in [5.74, 6) is -0.802. The van der Waals surface area contributed by atoms with E-state index in [0.29, 0.717) is 32.5 Å². The number of hydrogen-bond donors (Lipinski definition) is 4. The highest BCUT2D eigenvalue weighted by atomic mass is 16.5. The van der Waals surface area contributed by atoms with E-state index in [1.165, 1.54) is 7.11 Å². The highest BCUT2D eigenvalue weighted by molar-refractivity contribution is 5.89. The molecule has 12 nitrogen and oxygen atoms in total. The summed E-state index contributed by atoms with van der Waals surface area (Å²) in [7, 11) is 1.24. The lowest BCUT2D eigenvalue weighted by atomic mass is 9.84. The van der Waals surface area contributed by atoms with Gasteiger partial charge in [0.05, 0.1) is 24.9 Å². The van der Waals surface area contributed by atoms with Crippen LogP contribution in [0.4, 0.5) is 9.59 Å². The molecule has 5 atom stereocenters. The van der Waals surface area contributed by atoms with Crippen LogP contribution in [0.5, 0.6) is 0 Å². The minimum absolute atomic E-state index is 0.0632. The fraction of sp³-hybridized carbons (Fsp3) is 0.438. The first-order valence-corrected chi connectivity index (χ1v) is 20.7. The van der Waals surface area contributed by atoms with Crippen molar-refractivity contribution >= 4 is 23.9 Å². The van der Waals surface area contributed by atoms with Gasteiger partial charge in [0.2, 0.25) is 11.8 Å². The summed E-state index contributed by atoms with van der Waals surface area (Å²) < 4.78 is 4.84. The molecule has 2 heterocycles. The molecule has 320 valence electrons. The SMILES string of the molecule is COC(=O)NC(C(=O)N[C@@H](Cc1ccc(-c2ccccn2)cc1)C[C@H](O)[C@H](Cc1ccccc1)NC(=O)C(N1CCN(Cc2cccc(C)c2)C1=O)C(C)(C)C)C(C)(C)C. The molecular weight excluding hydrogens is 757 g/mol. The maximum atomic E-state index is 14.6. The molecule has 0 radical (unpaired) electrons. The molecule has 3 aromatic carbocycles. The molecule has 1 aliphatic heterocycles. The number of ether oxygens (including phenoxy) is 1. The number of alkyl carbamates (subject to hydrolysis) is 1. The molecule has 1 aromatic heterocycles. The Balaban J connectivity index is 1.42. The summed E-state index contributed by atoms with van der Waals surface area (Å²) in [5, 5.41) is 21.2. The third-order valence-electron chi connectivity index (χ3n) is 10.9. The van der Waals surface area contributed by atoms with Crippen LogP contribution in [0.25, 0.3) is 11.3 Å². The highest BCUT2D eigenvalue weighted by Crippen LogP contribution is 2.30. The fourth-order valence-electron chi connectivity index (χ4n) is 7.85. The van der Waals surface area contributed by atoms with Gasteiger partial charge in [-0.15, -0.1) is 0 Å². The van der Waals surface area contributed by atoms with Crippen LogP contribution in [-0.4, -0.2) is 94.3 Å². The topological polar surface area (TPSA) is 153 Å². The molecule has 1 saturated heterocycles. The molecule has 0 aliphatic carbocycles. The van der Waals surface area contributed by atoms with E-state index in [0.717, 1.165) is 33.5 Å². The summed E-state index contributed by atoms with van der Waals surface area (Å²) in [6.45, 7) is 14.7. The zero-order valence-corrected chi connectivity index (χ0v) is 36.3. The van der Waals surface area contributed by atoms with E-state index in [1.54, 1.807) is 16.0 Å². The number of nitrogens with one attached hydrogen (secondary N) is 3. The van der Waals surface area contributed by atoms with Crippen LogP contribution >= 0.6 is 0 Å². The van der Waals surface area contributed by atoms with Gasteiger partial charge in [0.1, 0.15) is 12.1 Å². The quantitative estimate of drug-likeness (QED) is 0.0984. The van der Waals surface area contributed by atoms with Gasteiger partial charge in [0.25, 0.3) is 0 Å². The summed E-state index contributed by atoms with van der Waals surface area (Å²) in [6.07, 6.45) is 0.570. The molecule has 5 amide bonds. The molecule has 0 bridgehead atoms. The van der Waals surface area contributed by atoms with Gasteiger partial charge in [-0.3, -0.25) is 14.6 Å². The van der Waals surface area contributed by atoms with Gasteiger partial charge < -0.3 is 35.6 Å². The van der Waals surface area contributed by atoms with Crippen molar-refractivity contribution in [1.29, 1.82) is 0 Å². The third-order valence-corrected chi connectivity index (χ3v) is 10.9. The number of carbonyl (C=O) groups is 4. The Morgan fingerprint density at radius 1 is 0.767 bits per heavy atom. The maximum Gasteiger partial charge on any atom is 0.407 e. The molecule has 4 N–H and O–H groups in total. The van der Waals surface area contributed by atoms with E-state index in [-0.39, 0.29) is 18.4 Å². The molecule has 0 spiro atoms.